The van der Waals surface area contributed by atoms with Crippen molar-refractivity contribution in [3.8, 4) is 0 Å². The highest BCUT2D eigenvalue weighted by Crippen LogP contribution is 2.32. The van der Waals surface area contributed by atoms with Crippen molar-refractivity contribution in [1.82, 2.24) is 0 Å². The Bertz CT molecular complexity index is 1420. The maximum absolute atomic E-state index is 4.85. The third-order valence-corrected chi connectivity index (χ3v) is 5.81. The number of hydrogen-bond donors (Lipinski definition) is 0. The van der Waals surface area contributed by atoms with Gasteiger partial charge in [0.15, 0.2) is 0 Å². The van der Waals surface area contributed by atoms with E-state index in [1.54, 1.807) is 0 Å². The number of rotatable bonds is 7. The molecule has 0 spiro atoms. The van der Waals surface area contributed by atoms with Crippen molar-refractivity contribution in [3.63, 3.8) is 0 Å². The average molecular weight is 451 g/mol. The van der Waals surface area contributed by atoms with Crippen molar-refractivity contribution < 1.29 is 0 Å². The van der Waals surface area contributed by atoms with Gasteiger partial charge in [0.1, 0.15) is 0 Å². The lowest BCUT2D eigenvalue weighted by molar-refractivity contribution is 1.10. The molecule has 0 radical (unpaired) electrons. The molecule has 0 aliphatic heterocycles. The van der Waals surface area contributed by atoms with Gasteiger partial charge in [0.05, 0.1) is 11.4 Å². The Labute approximate surface area is 206 Å². The van der Waals surface area contributed by atoms with Gasteiger partial charge in [-0.2, -0.15) is 5.10 Å². The Balaban J connectivity index is 1.48. The second-order valence-corrected chi connectivity index (χ2v) is 8.11. The Hall–Kier alpha value is -4.69. The summed E-state index contributed by atoms with van der Waals surface area (Å²) < 4.78 is 0. The number of anilines is 2. The van der Waals surface area contributed by atoms with E-state index in [-0.39, 0.29) is 0 Å². The van der Waals surface area contributed by atoms with E-state index in [1.807, 2.05) is 53.7 Å². The third-order valence-electron chi connectivity index (χ3n) is 5.81. The molecule has 0 unspecified atom stereocenters. The molecule has 0 heterocycles. The van der Waals surface area contributed by atoms with Gasteiger partial charge < -0.3 is 0 Å². The molecule has 0 amide bonds. The van der Waals surface area contributed by atoms with Crippen LogP contribution in [0.25, 0.3) is 16.3 Å². The molecule has 0 bridgehead atoms. The number of hydrogen-bond acceptors (Lipinski definition) is 2. The number of benzene rings is 5. The highest BCUT2D eigenvalue weighted by molar-refractivity contribution is 5.96. The molecule has 35 heavy (non-hydrogen) atoms. The zero-order valence-electron chi connectivity index (χ0n) is 19.4. The van der Waals surface area contributed by atoms with E-state index in [0.717, 1.165) is 16.8 Å². The van der Waals surface area contributed by atoms with Crippen molar-refractivity contribution >= 4 is 33.9 Å². The van der Waals surface area contributed by atoms with Crippen LogP contribution in [0.2, 0.25) is 0 Å². The molecule has 0 fully saturated rings. The van der Waals surface area contributed by atoms with Crippen molar-refractivity contribution in [3.05, 3.63) is 163 Å². The molecule has 168 valence electrons. The van der Waals surface area contributed by atoms with Gasteiger partial charge in [0, 0.05) is 11.6 Å². The maximum atomic E-state index is 4.85. The number of para-hydroxylation sites is 1. The molecule has 0 atom stereocenters. The molecule has 5 rings (SSSR count). The fraction of sp³-hybridized carbons (Fsp3) is 0. The van der Waals surface area contributed by atoms with Crippen LogP contribution in [0, 0.1) is 0 Å². The Morgan fingerprint density at radius 1 is 0.543 bits per heavy atom. The summed E-state index contributed by atoms with van der Waals surface area (Å²) >= 11 is 0. The molecular formula is C33H26N2. The minimum atomic E-state index is 1.01. The van der Waals surface area contributed by atoms with Gasteiger partial charge in [0.25, 0.3) is 0 Å². The first-order valence-corrected chi connectivity index (χ1v) is 11.7. The Morgan fingerprint density at radius 2 is 1.11 bits per heavy atom. The largest absolute Gasteiger partial charge is 0.233 e. The summed E-state index contributed by atoms with van der Waals surface area (Å²) in [4.78, 5) is 0. The standard InChI is InChI=1S/C33H26N2/c1-4-15-27(16-5-1)31(28-17-6-2-7-18-28)23-12-13-26-34-35(30-21-8-3-9-22-30)33-25-14-20-29-19-10-11-24-32(29)33/h1-26H. The zero-order chi connectivity index (χ0) is 23.7. The van der Waals surface area contributed by atoms with E-state index >= 15 is 0 Å². The predicted molar refractivity (Wildman–Crippen MR) is 150 cm³/mol. The van der Waals surface area contributed by atoms with Gasteiger partial charge in [0.2, 0.25) is 0 Å². The van der Waals surface area contributed by atoms with Gasteiger partial charge in [-0.3, -0.25) is 0 Å². The number of hydrazone groups is 1. The minimum absolute atomic E-state index is 1.01. The summed E-state index contributed by atoms with van der Waals surface area (Å²) in [5, 5.41) is 9.19. The normalized spacial score (nSPS) is 11.2. The first-order chi connectivity index (χ1) is 17.4. The summed E-state index contributed by atoms with van der Waals surface area (Å²) in [5.74, 6) is 0. The number of fused-ring (bicyclic) bond motifs is 1. The van der Waals surface area contributed by atoms with Crippen LogP contribution in [0.1, 0.15) is 11.1 Å². The van der Waals surface area contributed by atoms with Gasteiger partial charge >= 0.3 is 0 Å². The van der Waals surface area contributed by atoms with Crippen molar-refractivity contribution in [2.24, 2.45) is 5.10 Å². The average Bonchev–Trinajstić information content (AvgIpc) is 2.94. The fourth-order valence-electron chi connectivity index (χ4n) is 4.13. The van der Waals surface area contributed by atoms with Crippen LogP contribution in [0.15, 0.2) is 157 Å². The van der Waals surface area contributed by atoms with Crippen LogP contribution < -0.4 is 5.01 Å². The molecule has 2 nitrogen and oxygen atoms in total. The summed E-state index contributed by atoms with van der Waals surface area (Å²) in [6.45, 7) is 0. The van der Waals surface area contributed by atoms with Crippen LogP contribution in [-0.2, 0) is 0 Å². The minimum Gasteiger partial charge on any atom is -0.233 e. The van der Waals surface area contributed by atoms with E-state index in [9.17, 15) is 0 Å². The molecule has 0 saturated carbocycles. The van der Waals surface area contributed by atoms with Crippen molar-refractivity contribution in [2.45, 2.75) is 0 Å². The molecule has 5 aromatic carbocycles. The first-order valence-electron chi connectivity index (χ1n) is 11.7. The van der Waals surface area contributed by atoms with Crippen LogP contribution >= 0.6 is 0 Å². The van der Waals surface area contributed by atoms with E-state index in [0.29, 0.717) is 0 Å². The Morgan fingerprint density at radius 3 is 1.80 bits per heavy atom. The molecular weight excluding hydrogens is 424 g/mol. The molecule has 0 aliphatic carbocycles. The summed E-state index contributed by atoms with van der Waals surface area (Å²) in [5.41, 5.74) is 5.59. The Kier molecular flexibility index (Phi) is 6.92. The van der Waals surface area contributed by atoms with Gasteiger partial charge in [-0.15, -0.1) is 0 Å². The summed E-state index contributed by atoms with van der Waals surface area (Å²) in [6.07, 6.45) is 8.01. The number of nitrogens with zero attached hydrogens (tertiary/aromatic N) is 2. The predicted octanol–water partition coefficient (Wildman–Crippen LogP) is 8.65. The molecule has 5 aromatic rings. The van der Waals surface area contributed by atoms with Crippen molar-refractivity contribution in [2.75, 3.05) is 5.01 Å². The van der Waals surface area contributed by atoms with Crippen LogP contribution in [-0.4, -0.2) is 6.21 Å². The highest BCUT2D eigenvalue weighted by Gasteiger charge is 2.10. The van der Waals surface area contributed by atoms with Crippen LogP contribution in [0.3, 0.4) is 0 Å². The molecule has 0 aromatic heterocycles. The summed E-state index contributed by atoms with van der Waals surface area (Å²) in [6, 6.07) is 45.9. The maximum Gasteiger partial charge on any atom is 0.0730 e. The highest BCUT2D eigenvalue weighted by atomic mass is 15.5. The van der Waals surface area contributed by atoms with E-state index in [1.165, 1.54) is 22.1 Å². The second-order valence-electron chi connectivity index (χ2n) is 8.11. The lowest BCUT2D eigenvalue weighted by atomic mass is 9.97. The van der Waals surface area contributed by atoms with Gasteiger partial charge in [-0.1, -0.05) is 127 Å². The summed E-state index contributed by atoms with van der Waals surface area (Å²) in [7, 11) is 0. The van der Waals surface area contributed by atoms with E-state index in [2.05, 4.69) is 109 Å². The smallest absolute Gasteiger partial charge is 0.0730 e. The van der Waals surface area contributed by atoms with Crippen LogP contribution in [0.5, 0.6) is 0 Å². The third kappa shape index (κ3) is 5.29. The lowest BCUT2D eigenvalue weighted by Gasteiger charge is -2.20. The van der Waals surface area contributed by atoms with E-state index < -0.39 is 0 Å². The van der Waals surface area contributed by atoms with Crippen molar-refractivity contribution in [1.29, 1.82) is 0 Å². The SMILES string of the molecule is C(=CC=C(c1ccccc1)c1ccccc1)C=NN(c1ccccc1)c1cccc2ccccc12. The number of allylic oxidation sites excluding steroid dienone is 3. The topological polar surface area (TPSA) is 15.6 Å². The quantitative estimate of drug-likeness (QED) is 0.138. The molecule has 0 saturated heterocycles. The molecule has 2 heteroatoms. The lowest BCUT2D eigenvalue weighted by Crippen LogP contribution is -2.09. The first kappa shape index (κ1) is 22.1. The molecule has 0 aliphatic rings. The second kappa shape index (κ2) is 11.0. The zero-order valence-corrected chi connectivity index (χ0v) is 19.4. The van der Waals surface area contributed by atoms with Gasteiger partial charge in [-0.25, -0.2) is 5.01 Å². The van der Waals surface area contributed by atoms with Gasteiger partial charge in [-0.05, 0) is 46.4 Å². The fourth-order valence-corrected chi connectivity index (χ4v) is 4.13. The molecule has 0 N–H and O–H groups in total. The van der Waals surface area contributed by atoms with E-state index in [4.69, 9.17) is 5.10 Å². The van der Waals surface area contributed by atoms with Crippen LogP contribution in [0.4, 0.5) is 11.4 Å². The monoisotopic (exact) mass is 450 g/mol.